The van der Waals surface area contributed by atoms with Crippen LogP contribution in [0.5, 0.6) is 17.2 Å². The molecule has 2 N–H and O–H groups in total. The molecule has 0 amide bonds. The molecule has 0 radical (unpaired) electrons. The fourth-order valence-corrected chi connectivity index (χ4v) is 1.90. The molecule has 19 heavy (non-hydrogen) atoms. The van der Waals surface area contributed by atoms with E-state index < -0.39 is 0 Å². The van der Waals surface area contributed by atoms with E-state index in [2.05, 4.69) is 0 Å². The van der Waals surface area contributed by atoms with Gasteiger partial charge >= 0.3 is 0 Å². The minimum atomic E-state index is -0.104. The SMILES string of the molecule is Nc1ccc(OCC2COc3ccccc3O2)cc1. The van der Waals surface area contributed by atoms with Crippen LogP contribution in [-0.4, -0.2) is 19.3 Å². The molecule has 2 aromatic rings. The first-order valence-electron chi connectivity index (χ1n) is 6.18. The van der Waals surface area contributed by atoms with Crippen LogP contribution in [0.1, 0.15) is 0 Å². The van der Waals surface area contributed by atoms with E-state index in [1.165, 1.54) is 0 Å². The van der Waals surface area contributed by atoms with Crippen LogP contribution in [0, 0.1) is 0 Å². The van der Waals surface area contributed by atoms with Crippen molar-refractivity contribution in [1.82, 2.24) is 0 Å². The lowest BCUT2D eigenvalue weighted by Gasteiger charge is -2.26. The van der Waals surface area contributed by atoms with Crippen molar-refractivity contribution in [2.24, 2.45) is 0 Å². The summed E-state index contributed by atoms with van der Waals surface area (Å²) in [5.41, 5.74) is 6.34. The van der Waals surface area contributed by atoms with E-state index in [1.54, 1.807) is 0 Å². The average Bonchev–Trinajstić information content (AvgIpc) is 2.46. The van der Waals surface area contributed by atoms with Crippen LogP contribution in [-0.2, 0) is 0 Å². The highest BCUT2D eigenvalue weighted by molar-refractivity contribution is 5.42. The Kier molecular flexibility index (Phi) is 3.14. The Bertz CT molecular complexity index is 554. The molecule has 0 aliphatic carbocycles. The van der Waals surface area contributed by atoms with Crippen molar-refractivity contribution in [3.63, 3.8) is 0 Å². The standard InChI is InChI=1S/C15H15NO3/c16-11-5-7-12(8-6-11)17-9-13-10-18-14-3-1-2-4-15(14)19-13/h1-8,13H,9-10,16H2. The normalized spacial score (nSPS) is 16.9. The van der Waals surface area contributed by atoms with Gasteiger partial charge in [0, 0.05) is 5.69 Å². The van der Waals surface area contributed by atoms with Gasteiger partial charge in [-0.2, -0.15) is 0 Å². The number of nitrogens with two attached hydrogens (primary N) is 1. The number of benzene rings is 2. The van der Waals surface area contributed by atoms with Crippen LogP contribution in [0.25, 0.3) is 0 Å². The van der Waals surface area contributed by atoms with Crippen molar-refractivity contribution in [2.45, 2.75) is 6.10 Å². The Morgan fingerprint density at radius 3 is 2.58 bits per heavy atom. The molecular formula is C15H15NO3. The van der Waals surface area contributed by atoms with E-state index in [1.807, 2.05) is 48.5 Å². The minimum absolute atomic E-state index is 0.104. The molecule has 1 aliphatic rings. The summed E-state index contributed by atoms with van der Waals surface area (Å²) in [6.45, 7) is 0.935. The number of fused-ring (bicyclic) bond motifs is 1. The Morgan fingerprint density at radius 2 is 1.79 bits per heavy atom. The van der Waals surface area contributed by atoms with Gasteiger partial charge in [0.25, 0.3) is 0 Å². The quantitative estimate of drug-likeness (QED) is 0.858. The van der Waals surface area contributed by atoms with Crippen molar-refractivity contribution in [2.75, 3.05) is 18.9 Å². The van der Waals surface area contributed by atoms with Gasteiger partial charge in [-0.3, -0.25) is 0 Å². The van der Waals surface area contributed by atoms with E-state index in [9.17, 15) is 0 Å². The molecule has 0 saturated carbocycles. The summed E-state index contributed by atoms with van der Waals surface area (Å²) in [5.74, 6) is 2.32. The second kappa shape index (κ2) is 5.10. The molecule has 3 rings (SSSR count). The predicted octanol–water partition coefficient (Wildman–Crippen LogP) is 2.49. The molecule has 0 bridgehead atoms. The molecule has 1 heterocycles. The summed E-state index contributed by atoms with van der Waals surface area (Å²) < 4.78 is 17.1. The molecule has 4 nitrogen and oxygen atoms in total. The second-order valence-corrected chi connectivity index (χ2v) is 4.38. The van der Waals surface area contributed by atoms with Crippen LogP contribution >= 0.6 is 0 Å². The lowest BCUT2D eigenvalue weighted by Crippen LogP contribution is -2.34. The Labute approximate surface area is 111 Å². The highest BCUT2D eigenvalue weighted by Crippen LogP contribution is 2.30. The predicted molar refractivity (Wildman–Crippen MR) is 72.7 cm³/mol. The van der Waals surface area contributed by atoms with Crippen LogP contribution in [0.15, 0.2) is 48.5 Å². The molecule has 0 saturated heterocycles. The van der Waals surface area contributed by atoms with Gasteiger partial charge in [-0.25, -0.2) is 0 Å². The zero-order valence-electron chi connectivity index (χ0n) is 10.4. The number of ether oxygens (including phenoxy) is 3. The van der Waals surface area contributed by atoms with Gasteiger partial charge in [0.05, 0.1) is 0 Å². The smallest absolute Gasteiger partial charge is 0.166 e. The highest BCUT2D eigenvalue weighted by atomic mass is 16.6. The maximum absolute atomic E-state index is 5.80. The van der Waals surface area contributed by atoms with Crippen molar-refractivity contribution in [3.05, 3.63) is 48.5 Å². The van der Waals surface area contributed by atoms with E-state index in [-0.39, 0.29) is 6.10 Å². The minimum Gasteiger partial charge on any atom is -0.490 e. The van der Waals surface area contributed by atoms with Gasteiger partial charge in [0.1, 0.15) is 19.0 Å². The highest BCUT2D eigenvalue weighted by Gasteiger charge is 2.20. The number of rotatable bonds is 3. The summed E-state index contributed by atoms with van der Waals surface area (Å²) in [5, 5.41) is 0. The van der Waals surface area contributed by atoms with Crippen LogP contribution in [0.3, 0.4) is 0 Å². The molecule has 1 aliphatic heterocycles. The maximum atomic E-state index is 5.80. The van der Waals surface area contributed by atoms with Gasteiger partial charge in [-0.1, -0.05) is 12.1 Å². The van der Waals surface area contributed by atoms with Crippen molar-refractivity contribution >= 4 is 5.69 Å². The summed E-state index contributed by atoms with van der Waals surface area (Å²) in [4.78, 5) is 0. The molecule has 0 spiro atoms. The summed E-state index contributed by atoms with van der Waals surface area (Å²) in [6.07, 6.45) is -0.104. The van der Waals surface area contributed by atoms with Crippen LogP contribution < -0.4 is 19.9 Å². The van der Waals surface area contributed by atoms with Crippen LogP contribution in [0.4, 0.5) is 5.69 Å². The third kappa shape index (κ3) is 2.73. The average molecular weight is 257 g/mol. The third-order valence-corrected chi connectivity index (χ3v) is 2.88. The monoisotopic (exact) mass is 257 g/mol. The number of nitrogen functional groups attached to an aromatic ring is 1. The van der Waals surface area contributed by atoms with Crippen molar-refractivity contribution in [3.8, 4) is 17.2 Å². The van der Waals surface area contributed by atoms with E-state index in [0.717, 1.165) is 22.9 Å². The lowest BCUT2D eigenvalue weighted by atomic mass is 10.2. The van der Waals surface area contributed by atoms with Gasteiger partial charge in [0.2, 0.25) is 0 Å². The third-order valence-electron chi connectivity index (χ3n) is 2.88. The van der Waals surface area contributed by atoms with Crippen molar-refractivity contribution in [1.29, 1.82) is 0 Å². The van der Waals surface area contributed by atoms with Crippen molar-refractivity contribution < 1.29 is 14.2 Å². The molecule has 1 unspecified atom stereocenters. The van der Waals surface area contributed by atoms with Gasteiger partial charge in [-0.15, -0.1) is 0 Å². The number of hydrogen-bond acceptors (Lipinski definition) is 4. The molecule has 98 valence electrons. The first kappa shape index (κ1) is 11.7. The molecule has 4 heteroatoms. The summed E-state index contributed by atoms with van der Waals surface area (Å²) >= 11 is 0. The number of hydrogen-bond donors (Lipinski definition) is 1. The zero-order chi connectivity index (χ0) is 13.1. The largest absolute Gasteiger partial charge is 0.490 e. The van der Waals surface area contributed by atoms with Gasteiger partial charge < -0.3 is 19.9 Å². The van der Waals surface area contributed by atoms with E-state index >= 15 is 0 Å². The van der Waals surface area contributed by atoms with E-state index in [4.69, 9.17) is 19.9 Å². The molecule has 0 fully saturated rings. The first-order valence-corrected chi connectivity index (χ1v) is 6.18. The zero-order valence-corrected chi connectivity index (χ0v) is 10.4. The maximum Gasteiger partial charge on any atom is 0.166 e. The van der Waals surface area contributed by atoms with Gasteiger partial charge in [-0.05, 0) is 36.4 Å². The first-order chi connectivity index (χ1) is 9.31. The summed E-state index contributed by atoms with van der Waals surface area (Å²) in [6, 6.07) is 14.9. The lowest BCUT2D eigenvalue weighted by molar-refractivity contribution is 0.0536. The fraction of sp³-hybridized carbons (Fsp3) is 0.200. The number of para-hydroxylation sites is 2. The van der Waals surface area contributed by atoms with E-state index in [0.29, 0.717) is 13.2 Å². The molecule has 0 aromatic heterocycles. The second-order valence-electron chi connectivity index (χ2n) is 4.38. The molecule has 2 aromatic carbocycles. The Balaban J connectivity index is 1.59. The Hall–Kier alpha value is -2.36. The topological polar surface area (TPSA) is 53.7 Å². The van der Waals surface area contributed by atoms with Gasteiger partial charge in [0.15, 0.2) is 17.6 Å². The fourth-order valence-electron chi connectivity index (χ4n) is 1.90. The molecule has 1 atom stereocenters. The van der Waals surface area contributed by atoms with Crippen LogP contribution in [0.2, 0.25) is 0 Å². The number of anilines is 1. The Morgan fingerprint density at radius 1 is 1.05 bits per heavy atom. The summed E-state index contributed by atoms with van der Waals surface area (Å²) in [7, 11) is 0. The molecular weight excluding hydrogens is 242 g/mol.